The maximum atomic E-state index is 12.3. The van der Waals surface area contributed by atoms with Crippen molar-refractivity contribution in [2.75, 3.05) is 0 Å². The van der Waals surface area contributed by atoms with Crippen LogP contribution in [0.2, 0.25) is 0 Å². The number of carbonyl (C=O) groups is 1. The number of ether oxygens (including phenoxy) is 2. The van der Waals surface area contributed by atoms with Crippen LogP contribution >= 0.6 is 0 Å². The molecule has 2 saturated heterocycles. The third-order valence-electron chi connectivity index (χ3n) is 3.80. The van der Waals surface area contributed by atoms with E-state index in [1.54, 1.807) is 0 Å². The Kier molecular flexibility index (Phi) is 2.69. The predicted octanol–water partition coefficient (Wildman–Crippen LogP) is 2.84. The lowest BCUT2D eigenvalue weighted by Gasteiger charge is -1.95. The molecule has 2 aliphatic rings. The molecule has 3 nitrogen and oxygen atoms in total. The fourth-order valence-corrected chi connectivity index (χ4v) is 2.61. The van der Waals surface area contributed by atoms with Gasteiger partial charge in [-0.3, -0.25) is 4.79 Å². The molecule has 2 heterocycles. The van der Waals surface area contributed by atoms with E-state index in [9.17, 15) is 4.79 Å². The number of carbonyl (C=O) groups excluding carboxylic acids is 1. The summed E-state index contributed by atoms with van der Waals surface area (Å²) < 4.78 is 11.0. The number of benzene rings is 2. The molecule has 0 N–H and O–H groups in total. The highest BCUT2D eigenvalue weighted by Gasteiger charge is 2.56. The first-order valence-electron chi connectivity index (χ1n) is 6.79. The van der Waals surface area contributed by atoms with Crippen LogP contribution in [-0.2, 0) is 14.3 Å². The second-order valence-corrected chi connectivity index (χ2v) is 5.18. The van der Waals surface area contributed by atoms with Crippen molar-refractivity contribution in [1.82, 2.24) is 0 Å². The van der Waals surface area contributed by atoms with Crippen LogP contribution in [0.1, 0.15) is 23.3 Å². The zero-order valence-electron chi connectivity index (χ0n) is 10.8. The van der Waals surface area contributed by atoms with Gasteiger partial charge in [0.05, 0.1) is 0 Å². The Morgan fingerprint density at radius 3 is 1.50 bits per heavy atom. The Morgan fingerprint density at radius 1 is 0.700 bits per heavy atom. The summed E-state index contributed by atoms with van der Waals surface area (Å²) in [6.07, 6.45) is -0.860. The summed E-state index contributed by atoms with van der Waals surface area (Å²) in [7, 11) is 0. The van der Waals surface area contributed by atoms with Crippen molar-refractivity contribution in [3.8, 4) is 0 Å². The van der Waals surface area contributed by atoms with Crippen molar-refractivity contribution >= 4 is 5.78 Å². The Balaban J connectivity index is 1.42. The molecule has 2 aliphatic heterocycles. The topological polar surface area (TPSA) is 42.1 Å². The van der Waals surface area contributed by atoms with Gasteiger partial charge < -0.3 is 9.47 Å². The molecule has 0 aliphatic carbocycles. The number of rotatable bonds is 4. The van der Waals surface area contributed by atoms with Gasteiger partial charge in [-0.25, -0.2) is 0 Å². The van der Waals surface area contributed by atoms with Gasteiger partial charge in [0.1, 0.15) is 24.4 Å². The molecule has 0 aromatic heterocycles. The molecule has 4 atom stereocenters. The molecule has 0 radical (unpaired) electrons. The number of epoxide rings is 2. The molecule has 20 heavy (non-hydrogen) atoms. The van der Waals surface area contributed by atoms with Crippen molar-refractivity contribution in [3.63, 3.8) is 0 Å². The summed E-state index contributed by atoms with van der Waals surface area (Å²) in [6.45, 7) is 0. The van der Waals surface area contributed by atoms with Crippen LogP contribution in [0.5, 0.6) is 0 Å². The fraction of sp³-hybridized carbons (Fsp3) is 0.235. The van der Waals surface area contributed by atoms with Crippen LogP contribution in [0, 0.1) is 0 Å². The molecule has 2 fully saturated rings. The minimum absolute atomic E-state index is 0.0627. The zero-order valence-corrected chi connectivity index (χ0v) is 10.8. The lowest BCUT2D eigenvalue weighted by Crippen LogP contribution is -2.15. The van der Waals surface area contributed by atoms with E-state index >= 15 is 0 Å². The van der Waals surface area contributed by atoms with Crippen LogP contribution in [0.4, 0.5) is 0 Å². The van der Waals surface area contributed by atoms with Gasteiger partial charge in [0, 0.05) is 0 Å². The Bertz CT molecular complexity index is 568. The molecule has 3 heteroatoms. The number of Topliss-reactive ketones (excluding diaryl/α,β-unsaturated/α-hetero) is 1. The molecule has 0 unspecified atom stereocenters. The van der Waals surface area contributed by atoms with Gasteiger partial charge in [0.2, 0.25) is 0 Å². The largest absolute Gasteiger partial charge is 0.356 e. The monoisotopic (exact) mass is 266 g/mol. The minimum atomic E-state index is -0.337. The van der Waals surface area contributed by atoms with E-state index in [1.165, 1.54) is 0 Å². The minimum Gasteiger partial charge on any atom is -0.356 e. The molecule has 0 bridgehead atoms. The van der Waals surface area contributed by atoms with Crippen LogP contribution < -0.4 is 0 Å². The average molecular weight is 266 g/mol. The predicted molar refractivity (Wildman–Crippen MR) is 73.1 cm³/mol. The van der Waals surface area contributed by atoms with Gasteiger partial charge in [-0.2, -0.15) is 0 Å². The van der Waals surface area contributed by atoms with Gasteiger partial charge in [0.15, 0.2) is 5.78 Å². The van der Waals surface area contributed by atoms with Crippen molar-refractivity contribution < 1.29 is 14.3 Å². The number of hydrogen-bond donors (Lipinski definition) is 0. The summed E-state index contributed by atoms with van der Waals surface area (Å²) in [5.41, 5.74) is 2.12. The normalized spacial score (nSPS) is 30.8. The maximum Gasteiger partial charge on any atom is 0.196 e. The van der Waals surface area contributed by atoms with Crippen molar-refractivity contribution in [1.29, 1.82) is 0 Å². The molecule has 0 saturated carbocycles. The van der Waals surface area contributed by atoms with E-state index in [-0.39, 0.29) is 30.2 Å². The highest BCUT2D eigenvalue weighted by molar-refractivity contribution is 5.92. The second kappa shape index (κ2) is 4.54. The van der Waals surface area contributed by atoms with Crippen LogP contribution in [0.15, 0.2) is 60.7 Å². The van der Waals surface area contributed by atoms with Crippen LogP contribution in [-0.4, -0.2) is 18.0 Å². The molecule has 0 spiro atoms. The molecule has 2 aromatic rings. The number of ketones is 1. The summed E-state index contributed by atoms with van der Waals surface area (Å²) in [6, 6.07) is 19.7. The van der Waals surface area contributed by atoms with E-state index in [0.29, 0.717) is 0 Å². The quantitative estimate of drug-likeness (QED) is 0.799. The van der Waals surface area contributed by atoms with E-state index in [4.69, 9.17) is 9.47 Å². The molecule has 100 valence electrons. The second-order valence-electron chi connectivity index (χ2n) is 5.18. The fourth-order valence-electron chi connectivity index (χ4n) is 2.61. The van der Waals surface area contributed by atoms with E-state index < -0.39 is 0 Å². The maximum absolute atomic E-state index is 12.3. The van der Waals surface area contributed by atoms with Crippen LogP contribution in [0.25, 0.3) is 0 Å². The first-order chi connectivity index (χ1) is 9.84. The molecule has 0 amide bonds. The summed E-state index contributed by atoms with van der Waals surface area (Å²) in [5.74, 6) is 0.0627. The Hall–Kier alpha value is -1.97. The molecular weight excluding hydrogens is 252 g/mol. The first-order valence-corrected chi connectivity index (χ1v) is 6.79. The lowest BCUT2D eigenvalue weighted by atomic mass is 10.0. The van der Waals surface area contributed by atoms with Gasteiger partial charge in [-0.1, -0.05) is 60.7 Å². The highest BCUT2D eigenvalue weighted by Crippen LogP contribution is 2.46. The summed E-state index contributed by atoms with van der Waals surface area (Å²) in [4.78, 5) is 12.3. The highest BCUT2D eigenvalue weighted by atomic mass is 16.6. The number of hydrogen-bond acceptors (Lipinski definition) is 3. The van der Waals surface area contributed by atoms with Gasteiger partial charge >= 0.3 is 0 Å². The molecule has 4 rings (SSSR count). The third kappa shape index (κ3) is 2.05. The zero-order chi connectivity index (χ0) is 13.5. The van der Waals surface area contributed by atoms with Crippen molar-refractivity contribution in [3.05, 3.63) is 71.8 Å². The SMILES string of the molecule is O=C([C@H]1O[C@@H]1c1ccccc1)[C@H]1O[C@@H]1c1ccccc1. The summed E-state index contributed by atoms with van der Waals surface area (Å²) in [5, 5.41) is 0. The smallest absolute Gasteiger partial charge is 0.196 e. The van der Waals surface area contributed by atoms with Crippen molar-refractivity contribution in [2.45, 2.75) is 24.4 Å². The van der Waals surface area contributed by atoms with E-state index in [0.717, 1.165) is 11.1 Å². The van der Waals surface area contributed by atoms with E-state index in [1.807, 2.05) is 60.7 Å². The summed E-state index contributed by atoms with van der Waals surface area (Å²) >= 11 is 0. The molecular formula is C17H14O3. The van der Waals surface area contributed by atoms with E-state index in [2.05, 4.69) is 0 Å². The lowest BCUT2D eigenvalue weighted by molar-refractivity contribution is -0.121. The first kappa shape index (κ1) is 11.8. The van der Waals surface area contributed by atoms with Gasteiger partial charge in [-0.05, 0) is 11.1 Å². The standard InChI is InChI=1S/C17H14O3/c18-13(16-14(19-16)11-7-3-1-4-8-11)17-15(20-17)12-9-5-2-6-10-12/h1-10,14-17H/t14-,15-,16-,17-/m1/s1. The van der Waals surface area contributed by atoms with Crippen molar-refractivity contribution in [2.24, 2.45) is 0 Å². The molecule has 2 aromatic carbocycles. The average Bonchev–Trinajstić information content (AvgIpc) is 3.40. The third-order valence-corrected chi connectivity index (χ3v) is 3.80. The Labute approximate surface area is 117 Å². The Morgan fingerprint density at radius 2 is 1.10 bits per heavy atom. The van der Waals surface area contributed by atoms with Crippen LogP contribution in [0.3, 0.4) is 0 Å². The van der Waals surface area contributed by atoms with Gasteiger partial charge in [-0.15, -0.1) is 0 Å². The van der Waals surface area contributed by atoms with Gasteiger partial charge in [0.25, 0.3) is 0 Å².